The molecule has 0 aliphatic rings. The normalized spacial score (nSPS) is 11.0. The van der Waals surface area contributed by atoms with E-state index in [0.717, 1.165) is 11.1 Å². The molecule has 114 valence electrons. The Kier molecular flexibility index (Phi) is 4.17. The Morgan fingerprint density at radius 2 is 1.59 bits per heavy atom. The monoisotopic (exact) mass is 298 g/mol. The average Bonchev–Trinajstić information content (AvgIpc) is 2.50. The van der Waals surface area contributed by atoms with Gasteiger partial charge in [-0.2, -0.15) is 0 Å². The van der Waals surface area contributed by atoms with Gasteiger partial charge in [0, 0.05) is 14.1 Å². The minimum absolute atomic E-state index is 0.263. The van der Waals surface area contributed by atoms with Crippen molar-refractivity contribution in [3.63, 3.8) is 0 Å². The number of rotatable bonds is 2. The van der Waals surface area contributed by atoms with Crippen molar-refractivity contribution in [3.8, 4) is 0 Å². The van der Waals surface area contributed by atoms with Crippen LogP contribution in [0.5, 0.6) is 0 Å². The van der Waals surface area contributed by atoms with Gasteiger partial charge in [-0.1, -0.05) is 42.5 Å². The van der Waals surface area contributed by atoms with Gasteiger partial charge in [0.05, 0.1) is 0 Å². The van der Waals surface area contributed by atoms with E-state index in [4.69, 9.17) is 0 Å². The van der Waals surface area contributed by atoms with Gasteiger partial charge >= 0.3 is 0 Å². The van der Waals surface area contributed by atoms with Crippen LogP contribution in [0.3, 0.4) is 0 Å². The van der Waals surface area contributed by atoms with Gasteiger partial charge in [-0.05, 0) is 18.6 Å². The van der Waals surface area contributed by atoms with Gasteiger partial charge < -0.3 is 5.11 Å². The summed E-state index contributed by atoms with van der Waals surface area (Å²) in [5.74, 6) is -0.359. The topological polar surface area (TPSA) is 64.2 Å². The third-order valence-corrected chi connectivity index (χ3v) is 3.58. The lowest BCUT2D eigenvalue weighted by atomic mass is 10.1. The average molecular weight is 298 g/mol. The molecule has 0 aliphatic carbocycles. The number of nitrogens with zero attached hydrogens (tertiary/aromatic N) is 2. The molecule has 0 saturated carbocycles. The highest BCUT2D eigenvalue weighted by Gasteiger charge is 2.07. The van der Waals surface area contributed by atoms with Crippen LogP contribution in [0.2, 0.25) is 0 Å². The Hall–Kier alpha value is -2.82. The highest BCUT2D eigenvalue weighted by Crippen LogP contribution is 2.05. The van der Waals surface area contributed by atoms with Crippen molar-refractivity contribution in [2.24, 2.45) is 14.1 Å². The minimum Gasteiger partial charge on any atom is -0.507 e. The molecule has 2 aromatic rings. The lowest BCUT2D eigenvalue weighted by Gasteiger charge is -2.04. The summed E-state index contributed by atoms with van der Waals surface area (Å²) in [4.78, 5) is 24.3. The second-order valence-electron chi connectivity index (χ2n) is 5.15. The summed E-state index contributed by atoms with van der Waals surface area (Å²) in [5, 5.41) is 9.86. The Morgan fingerprint density at radius 1 is 1.09 bits per heavy atom. The first-order valence-electron chi connectivity index (χ1n) is 6.76. The molecule has 0 unspecified atom stereocenters. The Balaban J connectivity index is 2.65. The largest absolute Gasteiger partial charge is 0.507 e. The number of hydrogen-bond acceptors (Lipinski definition) is 3. The number of aromatic nitrogens is 2. The quantitative estimate of drug-likeness (QED) is 0.860. The molecule has 22 heavy (non-hydrogen) atoms. The van der Waals surface area contributed by atoms with E-state index >= 15 is 0 Å². The van der Waals surface area contributed by atoms with Crippen molar-refractivity contribution in [3.05, 3.63) is 72.9 Å². The van der Waals surface area contributed by atoms with Crippen LogP contribution in [-0.4, -0.2) is 14.2 Å². The number of hydrogen-bond donors (Lipinski definition) is 1. The molecule has 0 bridgehead atoms. The fourth-order valence-corrected chi connectivity index (χ4v) is 2.04. The van der Waals surface area contributed by atoms with E-state index in [1.165, 1.54) is 29.3 Å². The third-order valence-electron chi connectivity index (χ3n) is 3.58. The van der Waals surface area contributed by atoms with Crippen LogP contribution in [0.15, 0.2) is 39.9 Å². The SMILES string of the molecule is C=c1n(C)c(=O)c(=C(O)/C=C/c2ccc(C)cc2)c(=O)n1C. The second kappa shape index (κ2) is 5.89. The van der Waals surface area contributed by atoms with Crippen LogP contribution in [0.1, 0.15) is 11.1 Å². The number of benzene rings is 1. The first kappa shape index (κ1) is 15.6. The Morgan fingerprint density at radius 3 is 2.09 bits per heavy atom. The summed E-state index contributed by atoms with van der Waals surface area (Å²) >= 11 is 0. The van der Waals surface area contributed by atoms with Crippen molar-refractivity contribution in [2.45, 2.75) is 6.92 Å². The maximum Gasteiger partial charge on any atom is 0.268 e. The lowest BCUT2D eigenvalue weighted by molar-refractivity contribution is 0.507. The van der Waals surface area contributed by atoms with Gasteiger partial charge in [0.25, 0.3) is 11.1 Å². The van der Waals surface area contributed by atoms with E-state index in [-0.39, 0.29) is 16.5 Å². The molecule has 1 heterocycles. The zero-order valence-electron chi connectivity index (χ0n) is 12.8. The Bertz CT molecular complexity index is 918. The summed E-state index contributed by atoms with van der Waals surface area (Å²) in [6, 6.07) is 7.64. The third kappa shape index (κ3) is 2.79. The van der Waals surface area contributed by atoms with E-state index < -0.39 is 11.1 Å². The van der Waals surface area contributed by atoms with Gasteiger partial charge in [0.1, 0.15) is 16.5 Å². The summed E-state index contributed by atoms with van der Waals surface area (Å²) < 4.78 is 2.46. The molecule has 0 radical (unpaired) electrons. The zero-order chi connectivity index (χ0) is 16.4. The first-order valence-corrected chi connectivity index (χ1v) is 6.76. The maximum atomic E-state index is 12.2. The van der Waals surface area contributed by atoms with Crippen molar-refractivity contribution >= 4 is 18.4 Å². The van der Waals surface area contributed by atoms with Crippen LogP contribution < -0.4 is 21.8 Å². The molecule has 5 heteroatoms. The molecule has 0 fully saturated rings. The van der Waals surface area contributed by atoms with E-state index in [9.17, 15) is 14.7 Å². The van der Waals surface area contributed by atoms with Crippen LogP contribution >= 0.6 is 0 Å². The molecule has 1 N–H and O–H groups in total. The molecule has 1 aromatic carbocycles. The molecular formula is C17H18N2O3. The van der Waals surface area contributed by atoms with Crippen molar-refractivity contribution in [1.82, 2.24) is 9.13 Å². The number of aliphatic hydroxyl groups is 1. The molecule has 0 spiro atoms. The molecule has 2 rings (SSSR count). The second-order valence-corrected chi connectivity index (χ2v) is 5.15. The molecule has 0 aliphatic heterocycles. The molecule has 1 aromatic heterocycles. The van der Waals surface area contributed by atoms with Crippen LogP contribution in [0.25, 0.3) is 18.4 Å². The summed E-state index contributed by atoms with van der Waals surface area (Å²) in [6.07, 6.45) is 3.00. The standard InChI is InChI=1S/C17H18N2O3/c1-11-5-7-13(8-6-11)9-10-14(20)15-16(21)18(3)12(2)19(4)17(15)22/h5-10,20H,2H2,1,3-4H3/b10-9+. The smallest absolute Gasteiger partial charge is 0.268 e. The molecule has 0 saturated heterocycles. The van der Waals surface area contributed by atoms with Crippen LogP contribution in [0, 0.1) is 6.92 Å². The van der Waals surface area contributed by atoms with Gasteiger partial charge in [-0.3, -0.25) is 18.7 Å². The zero-order valence-corrected chi connectivity index (χ0v) is 12.8. The summed E-state index contributed by atoms with van der Waals surface area (Å²) in [5.41, 5.74) is 1.12. The molecular weight excluding hydrogens is 280 g/mol. The lowest BCUT2D eigenvalue weighted by Crippen LogP contribution is -2.57. The van der Waals surface area contributed by atoms with E-state index in [1.54, 1.807) is 6.08 Å². The highest BCUT2D eigenvalue weighted by atomic mass is 16.3. The van der Waals surface area contributed by atoms with E-state index in [0.29, 0.717) is 0 Å². The number of aliphatic hydroxyl groups excluding tert-OH is 1. The van der Waals surface area contributed by atoms with Crippen molar-refractivity contribution in [1.29, 1.82) is 0 Å². The summed E-state index contributed by atoms with van der Waals surface area (Å²) in [6.45, 7) is 5.64. The number of aryl methyl sites for hydroxylation is 1. The fourth-order valence-electron chi connectivity index (χ4n) is 2.04. The van der Waals surface area contributed by atoms with Gasteiger partial charge in [0.15, 0.2) is 0 Å². The van der Waals surface area contributed by atoms with Crippen molar-refractivity contribution < 1.29 is 5.11 Å². The van der Waals surface area contributed by atoms with Gasteiger partial charge in [-0.15, -0.1) is 0 Å². The molecule has 5 nitrogen and oxygen atoms in total. The molecule has 0 amide bonds. The first-order chi connectivity index (χ1) is 10.3. The van der Waals surface area contributed by atoms with E-state index in [1.807, 2.05) is 31.2 Å². The minimum atomic E-state index is -0.570. The fraction of sp³-hybridized carbons (Fsp3) is 0.176. The predicted molar refractivity (Wildman–Crippen MR) is 87.9 cm³/mol. The van der Waals surface area contributed by atoms with Gasteiger partial charge in [-0.25, -0.2) is 0 Å². The predicted octanol–water partition coefficient (Wildman–Crippen LogP) is 0.182. The molecule has 0 atom stereocenters. The maximum absolute atomic E-state index is 12.2. The van der Waals surface area contributed by atoms with Crippen LogP contribution in [-0.2, 0) is 14.1 Å². The van der Waals surface area contributed by atoms with Crippen LogP contribution in [0.4, 0.5) is 0 Å². The van der Waals surface area contributed by atoms with Crippen molar-refractivity contribution in [2.75, 3.05) is 0 Å². The summed E-state index contributed by atoms with van der Waals surface area (Å²) in [7, 11) is 3.01. The Labute approximate surface area is 127 Å². The van der Waals surface area contributed by atoms with E-state index in [2.05, 4.69) is 6.58 Å². The highest BCUT2D eigenvalue weighted by molar-refractivity contribution is 5.62. The van der Waals surface area contributed by atoms with Gasteiger partial charge in [0.2, 0.25) is 0 Å².